The summed E-state index contributed by atoms with van der Waals surface area (Å²) in [4.78, 5) is 5.06. The Morgan fingerprint density at radius 1 is 0.489 bits per heavy atom. The minimum atomic E-state index is 0.115. The summed E-state index contributed by atoms with van der Waals surface area (Å²) < 4.78 is 0. The Labute approximate surface area is 281 Å². The molecule has 0 unspecified atom stereocenters. The molecule has 0 N–H and O–H groups in total. The van der Waals surface area contributed by atoms with Gasteiger partial charge in [-0.3, -0.25) is 4.99 Å². The summed E-state index contributed by atoms with van der Waals surface area (Å²) in [7, 11) is 0. The Morgan fingerprint density at radius 2 is 1.04 bits per heavy atom. The van der Waals surface area contributed by atoms with E-state index in [0.717, 1.165) is 12.0 Å². The molecule has 5 aromatic rings. The van der Waals surface area contributed by atoms with Crippen molar-refractivity contribution in [1.29, 1.82) is 0 Å². The van der Waals surface area contributed by atoms with Gasteiger partial charge in [-0.15, -0.1) is 0 Å². The maximum atomic E-state index is 5.06. The number of fused-ring (bicyclic) bond motifs is 4. The van der Waals surface area contributed by atoms with Crippen molar-refractivity contribution in [3.05, 3.63) is 154 Å². The van der Waals surface area contributed by atoms with Crippen LogP contribution in [0.1, 0.15) is 87.4 Å². The average molecular weight is 612 g/mol. The van der Waals surface area contributed by atoms with Crippen LogP contribution in [0.15, 0.2) is 120 Å². The molecule has 0 bridgehead atoms. The molecule has 1 aliphatic heterocycles. The minimum absolute atomic E-state index is 0.115. The van der Waals surface area contributed by atoms with Crippen molar-refractivity contribution < 1.29 is 0 Å². The van der Waals surface area contributed by atoms with E-state index in [2.05, 4.69) is 170 Å². The Kier molecular flexibility index (Phi) is 7.75. The standard InChI is InChI=1S/C46H45N/c1-30-12-13-34(28-47-29-39-27-44-38(26-43(30)39)22-33-10-8-9-11-42(33)44)37-24-35(31-14-18-40(19-15-31)45(2,3)4)23-36(25-37)32-16-20-41(21-17-32)46(5,6)7/h8-21,23-28H,22,29H2,1-7H3/b30-12+,34-13+,47-28+. The molecule has 1 nitrogen and oxygen atoms in total. The summed E-state index contributed by atoms with van der Waals surface area (Å²) in [5.74, 6) is 0. The second-order valence-electron chi connectivity index (χ2n) is 15.4. The van der Waals surface area contributed by atoms with Crippen molar-refractivity contribution in [2.45, 2.75) is 72.3 Å². The summed E-state index contributed by atoms with van der Waals surface area (Å²) in [5, 5.41) is 0. The molecule has 0 saturated carbocycles. The lowest BCUT2D eigenvalue weighted by atomic mass is 9.85. The highest BCUT2D eigenvalue weighted by Crippen LogP contribution is 2.40. The number of allylic oxidation sites excluding steroid dienone is 4. The normalized spacial score (nSPS) is 17.2. The fraction of sp³-hybridized carbons (Fsp3) is 0.239. The number of hydrogen-bond acceptors (Lipinski definition) is 1. The highest BCUT2D eigenvalue weighted by molar-refractivity contribution is 6.11. The summed E-state index contributed by atoms with van der Waals surface area (Å²) in [5.41, 5.74) is 19.5. The van der Waals surface area contributed by atoms with Crippen LogP contribution in [0.3, 0.4) is 0 Å². The van der Waals surface area contributed by atoms with Crippen LogP contribution in [0.2, 0.25) is 0 Å². The van der Waals surface area contributed by atoms with E-state index in [0.29, 0.717) is 6.54 Å². The van der Waals surface area contributed by atoms with Crippen LogP contribution in [-0.2, 0) is 23.8 Å². The van der Waals surface area contributed by atoms with Gasteiger partial charge in [-0.1, -0.05) is 133 Å². The van der Waals surface area contributed by atoms with Gasteiger partial charge in [0.25, 0.3) is 0 Å². The lowest BCUT2D eigenvalue weighted by molar-refractivity contribution is 0.590. The smallest absolute Gasteiger partial charge is 0.0646 e. The van der Waals surface area contributed by atoms with Gasteiger partial charge in [-0.2, -0.15) is 0 Å². The number of benzene rings is 5. The van der Waals surface area contributed by atoms with Gasteiger partial charge in [-0.05, 0) is 132 Å². The number of rotatable bonds is 3. The van der Waals surface area contributed by atoms with Gasteiger partial charge < -0.3 is 0 Å². The molecule has 0 atom stereocenters. The molecule has 0 radical (unpaired) electrons. The predicted molar refractivity (Wildman–Crippen MR) is 203 cm³/mol. The molecule has 47 heavy (non-hydrogen) atoms. The molecule has 1 heteroatoms. The molecule has 5 aromatic carbocycles. The Balaban J connectivity index is 1.30. The third kappa shape index (κ3) is 6.20. The van der Waals surface area contributed by atoms with Gasteiger partial charge in [-0.25, -0.2) is 0 Å². The van der Waals surface area contributed by atoms with Crippen molar-refractivity contribution in [3.63, 3.8) is 0 Å². The zero-order valence-corrected chi connectivity index (χ0v) is 28.9. The van der Waals surface area contributed by atoms with Gasteiger partial charge >= 0.3 is 0 Å². The highest BCUT2D eigenvalue weighted by atomic mass is 14.7. The van der Waals surface area contributed by atoms with Crippen LogP contribution in [0.5, 0.6) is 0 Å². The van der Waals surface area contributed by atoms with Crippen molar-refractivity contribution in [3.8, 4) is 33.4 Å². The largest absolute Gasteiger partial charge is 0.288 e. The maximum absolute atomic E-state index is 5.06. The summed E-state index contributed by atoms with van der Waals surface area (Å²) in [6.45, 7) is 16.5. The van der Waals surface area contributed by atoms with Gasteiger partial charge in [0.05, 0.1) is 6.54 Å². The summed E-state index contributed by atoms with van der Waals surface area (Å²) in [6.07, 6.45) is 7.61. The SMILES string of the molecule is C\C1=C/C=C(c2cc(-c3ccc(C(C)(C)C)cc3)cc(-c3ccc(C(C)(C)C)cc3)c2)\C=N\Cc2cc3c(cc21)Cc1ccccc1-3. The van der Waals surface area contributed by atoms with Crippen molar-refractivity contribution in [2.75, 3.05) is 0 Å². The molecule has 1 heterocycles. The Morgan fingerprint density at radius 3 is 1.64 bits per heavy atom. The van der Waals surface area contributed by atoms with E-state index in [1.54, 1.807) is 0 Å². The van der Waals surface area contributed by atoms with Gasteiger partial charge in [0.1, 0.15) is 0 Å². The fourth-order valence-corrected chi connectivity index (χ4v) is 6.94. The molecule has 0 saturated heterocycles. The minimum Gasteiger partial charge on any atom is -0.288 e. The predicted octanol–water partition coefficient (Wildman–Crippen LogP) is 12.3. The zero-order chi connectivity index (χ0) is 32.9. The van der Waals surface area contributed by atoms with Crippen LogP contribution in [0.4, 0.5) is 0 Å². The molecule has 0 spiro atoms. The monoisotopic (exact) mass is 611 g/mol. The molecule has 1 aliphatic carbocycles. The molecule has 0 amide bonds. The molecule has 7 rings (SSSR count). The van der Waals surface area contributed by atoms with Crippen molar-refractivity contribution in [1.82, 2.24) is 0 Å². The number of aliphatic imine (C=N–C) groups is 1. The van der Waals surface area contributed by atoms with Gasteiger partial charge in [0.2, 0.25) is 0 Å². The third-order valence-electron chi connectivity index (χ3n) is 9.88. The first-order valence-electron chi connectivity index (χ1n) is 16.9. The first-order valence-corrected chi connectivity index (χ1v) is 16.9. The van der Waals surface area contributed by atoms with Crippen molar-refractivity contribution in [2.24, 2.45) is 4.99 Å². The highest BCUT2D eigenvalue weighted by Gasteiger charge is 2.21. The molecule has 0 aromatic heterocycles. The van der Waals surface area contributed by atoms with E-state index in [4.69, 9.17) is 4.99 Å². The van der Waals surface area contributed by atoms with E-state index < -0.39 is 0 Å². The number of nitrogens with zero attached hydrogens (tertiary/aromatic N) is 1. The molecular formula is C46H45N. The second-order valence-corrected chi connectivity index (χ2v) is 15.4. The average Bonchev–Trinajstić information content (AvgIpc) is 3.45. The summed E-state index contributed by atoms with van der Waals surface area (Å²) >= 11 is 0. The maximum Gasteiger partial charge on any atom is 0.0646 e. The quantitative estimate of drug-likeness (QED) is 0.189. The van der Waals surface area contributed by atoms with Crippen LogP contribution >= 0.6 is 0 Å². The topological polar surface area (TPSA) is 12.4 Å². The van der Waals surface area contributed by atoms with Gasteiger partial charge in [0, 0.05) is 6.21 Å². The lowest BCUT2D eigenvalue weighted by Crippen LogP contribution is -2.10. The van der Waals surface area contributed by atoms with Crippen LogP contribution < -0.4 is 0 Å². The van der Waals surface area contributed by atoms with Gasteiger partial charge in [0.15, 0.2) is 0 Å². The first-order chi connectivity index (χ1) is 22.4. The molecule has 234 valence electrons. The van der Waals surface area contributed by atoms with E-state index in [1.165, 1.54) is 77.9 Å². The fourth-order valence-electron chi connectivity index (χ4n) is 6.94. The van der Waals surface area contributed by atoms with Crippen LogP contribution in [0, 0.1) is 0 Å². The van der Waals surface area contributed by atoms with E-state index >= 15 is 0 Å². The van der Waals surface area contributed by atoms with Crippen LogP contribution in [0.25, 0.3) is 44.5 Å². The van der Waals surface area contributed by atoms with E-state index in [9.17, 15) is 0 Å². The van der Waals surface area contributed by atoms with E-state index in [-0.39, 0.29) is 10.8 Å². The van der Waals surface area contributed by atoms with Crippen molar-refractivity contribution >= 4 is 17.4 Å². The third-order valence-corrected chi connectivity index (χ3v) is 9.88. The number of hydrogen-bond donors (Lipinski definition) is 0. The first kappa shape index (κ1) is 30.9. The summed E-state index contributed by atoms with van der Waals surface area (Å²) in [6, 6.07) is 38.8. The molecular weight excluding hydrogens is 567 g/mol. The van der Waals surface area contributed by atoms with E-state index in [1.807, 2.05) is 0 Å². The Hall–Kier alpha value is -4.75. The lowest BCUT2D eigenvalue weighted by Gasteiger charge is -2.20. The zero-order valence-electron chi connectivity index (χ0n) is 28.9. The Bertz CT molecular complexity index is 1990. The molecule has 0 fully saturated rings. The molecule has 2 aliphatic rings. The second kappa shape index (κ2) is 11.8. The van der Waals surface area contributed by atoms with Crippen LogP contribution in [-0.4, -0.2) is 6.21 Å².